The van der Waals surface area contributed by atoms with Crippen molar-refractivity contribution >= 4 is 5.97 Å². The van der Waals surface area contributed by atoms with E-state index in [0.717, 1.165) is 30.8 Å². The van der Waals surface area contributed by atoms with Crippen LogP contribution in [0.2, 0.25) is 0 Å². The molecule has 0 fully saturated rings. The van der Waals surface area contributed by atoms with Crippen LogP contribution in [-0.2, 0) is 13.5 Å². The number of ether oxygens (including phenoxy) is 1. The molecule has 0 amide bonds. The van der Waals surface area contributed by atoms with Gasteiger partial charge in [0.15, 0.2) is 5.69 Å². The van der Waals surface area contributed by atoms with E-state index in [1.54, 1.807) is 0 Å². The highest BCUT2D eigenvalue weighted by atomic mass is 19.4. The summed E-state index contributed by atoms with van der Waals surface area (Å²) in [7, 11) is 1.40. The summed E-state index contributed by atoms with van der Waals surface area (Å²) in [6.07, 6.45) is -4.00. The molecule has 2 aromatic rings. The third-order valence-corrected chi connectivity index (χ3v) is 4.27. The second-order valence-electron chi connectivity index (χ2n) is 6.86. The number of aryl methyl sites for hydroxylation is 1. The summed E-state index contributed by atoms with van der Waals surface area (Å²) in [4.78, 5) is 15.2. The number of rotatable bonds is 6. The number of pyridine rings is 1. The Morgan fingerprint density at radius 3 is 2.39 bits per heavy atom. The molecule has 0 saturated heterocycles. The molecule has 154 valence electrons. The third kappa shape index (κ3) is 4.23. The van der Waals surface area contributed by atoms with Crippen molar-refractivity contribution in [2.24, 2.45) is 12.5 Å². The van der Waals surface area contributed by atoms with Gasteiger partial charge in [0.05, 0.1) is 16.7 Å². The van der Waals surface area contributed by atoms with Crippen LogP contribution < -0.4 is 4.74 Å². The molecule has 28 heavy (non-hydrogen) atoms. The van der Waals surface area contributed by atoms with Gasteiger partial charge in [-0.3, -0.25) is 9.67 Å². The van der Waals surface area contributed by atoms with Gasteiger partial charge in [-0.2, -0.15) is 27.1 Å². The molecule has 6 nitrogen and oxygen atoms in total. The first-order valence-corrected chi connectivity index (χ1v) is 8.02. The van der Waals surface area contributed by atoms with E-state index in [-0.39, 0.29) is 28.2 Å². The third-order valence-electron chi connectivity index (χ3n) is 4.27. The lowest BCUT2D eigenvalue weighted by atomic mass is 9.86. The van der Waals surface area contributed by atoms with Crippen molar-refractivity contribution in [1.29, 1.82) is 0 Å². The number of carbonyl (C=O) groups is 1. The number of carboxylic acid groups (broad SMARTS) is 1. The normalized spacial score (nSPS) is 12.5. The number of hydrogen-bond donors (Lipinski definition) is 1. The zero-order valence-electron chi connectivity index (χ0n) is 15.4. The number of aromatic carboxylic acids is 1. The quantitative estimate of drug-likeness (QED) is 0.726. The van der Waals surface area contributed by atoms with E-state index in [0.29, 0.717) is 0 Å². The van der Waals surface area contributed by atoms with Crippen LogP contribution in [0.1, 0.15) is 35.6 Å². The number of aromatic nitrogens is 3. The SMILES string of the molecule is Cc1c(C(=O)O)nn(C)c1-c1cnc(CC(C)(C)C(F)(F)F)cc1OC(F)F. The van der Waals surface area contributed by atoms with Crippen molar-refractivity contribution in [1.82, 2.24) is 14.8 Å². The summed E-state index contributed by atoms with van der Waals surface area (Å²) in [6, 6.07) is 1.00. The molecule has 11 heteroatoms. The Balaban J connectivity index is 2.57. The van der Waals surface area contributed by atoms with E-state index < -0.39 is 36.3 Å². The Labute approximate surface area is 156 Å². The maximum Gasteiger partial charge on any atom is 0.394 e. The largest absolute Gasteiger partial charge is 0.476 e. The van der Waals surface area contributed by atoms with Gasteiger partial charge in [-0.15, -0.1) is 0 Å². The molecular weight excluding hydrogens is 389 g/mol. The zero-order valence-corrected chi connectivity index (χ0v) is 15.4. The van der Waals surface area contributed by atoms with Crippen LogP contribution in [0, 0.1) is 12.3 Å². The summed E-state index contributed by atoms with van der Waals surface area (Å²) in [5.41, 5.74) is -2.19. The smallest absolute Gasteiger partial charge is 0.394 e. The van der Waals surface area contributed by atoms with Gasteiger partial charge in [0.25, 0.3) is 0 Å². The van der Waals surface area contributed by atoms with Gasteiger partial charge >= 0.3 is 18.8 Å². The minimum Gasteiger partial charge on any atom is -0.476 e. The average molecular weight is 407 g/mol. The number of halogens is 5. The number of nitrogens with zero attached hydrogens (tertiary/aromatic N) is 3. The maximum atomic E-state index is 13.1. The molecule has 0 atom stereocenters. The Bertz CT molecular complexity index is 891. The fourth-order valence-electron chi connectivity index (χ4n) is 2.71. The summed E-state index contributed by atoms with van der Waals surface area (Å²) >= 11 is 0. The molecule has 0 aliphatic rings. The molecule has 0 spiro atoms. The second kappa shape index (κ2) is 7.36. The van der Waals surface area contributed by atoms with Crippen molar-refractivity contribution in [2.75, 3.05) is 0 Å². The molecule has 0 aliphatic carbocycles. The average Bonchev–Trinajstić information content (AvgIpc) is 2.81. The Morgan fingerprint density at radius 2 is 1.93 bits per heavy atom. The predicted octanol–water partition coefficient (Wildman–Crippen LogP) is 4.22. The van der Waals surface area contributed by atoms with Crippen LogP contribution in [0.15, 0.2) is 12.3 Å². The Kier molecular flexibility index (Phi) is 5.67. The minimum atomic E-state index is -4.52. The van der Waals surface area contributed by atoms with Crippen LogP contribution in [0.5, 0.6) is 5.75 Å². The summed E-state index contributed by atoms with van der Waals surface area (Å²) < 4.78 is 70.7. The summed E-state index contributed by atoms with van der Waals surface area (Å²) in [5, 5.41) is 13.0. The van der Waals surface area contributed by atoms with Gasteiger partial charge in [0, 0.05) is 37.0 Å². The molecule has 0 aromatic carbocycles. The number of alkyl halides is 5. The lowest BCUT2D eigenvalue weighted by Gasteiger charge is -2.27. The molecule has 0 unspecified atom stereocenters. The van der Waals surface area contributed by atoms with Crippen molar-refractivity contribution in [3.8, 4) is 17.0 Å². The van der Waals surface area contributed by atoms with Crippen LogP contribution in [0.4, 0.5) is 22.0 Å². The van der Waals surface area contributed by atoms with E-state index in [9.17, 15) is 26.7 Å². The Morgan fingerprint density at radius 1 is 1.32 bits per heavy atom. The molecule has 0 radical (unpaired) electrons. The monoisotopic (exact) mass is 407 g/mol. The molecule has 0 saturated carbocycles. The molecule has 1 N–H and O–H groups in total. The van der Waals surface area contributed by atoms with Crippen LogP contribution in [-0.4, -0.2) is 38.6 Å². The van der Waals surface area contributed by atoms with Gasteiger partial charge in [-0.1, -0.05) is 13.8 Å². The topological polar surface area (TPSA) is 77.2 Å². The molecule has 2 rings (SSSR count). The highest BCUT2D eigenvalue weighted by Gasteiger charge is 2.47. The van der Waals surface area contributed by atoms with Crippen LogP contribution >= 0.6 is 0 Å². The fourth-order valence-corrected chi connectivity index (χ4v) is 2.71. The van der Waals surface area contributed by atoms with E-state index in [4.69, 9.17) is 5.11 Å². The number of carboxylic acids is 1. The van der Waals surface area contributed by atoms with Crippen molar-refractivity contribution in [3.63, 3.8) is 0 Å². The first-order chi connectivity index (χ1) is 12.7. The van der Waals surface area contributed by atoms with Crippen LogP contribution in [0.3, 0.4) is 0 Å². The molecular formula is C17H18F5N3O3. The summed E-state index contributed by atoms with van der Waals surface area (Å²) in [6.45, 7) is 0.136. The molecule has 2 heterocycles. The zero-order chi connectivity index (χ0) is 21.4. The van der Waals surface area contributed by atoms with E-state index in [2.05, 4.69) is 14.8 Å². The molecule has 0 bridgehead atoms. The van der Waals surface area contributed by atoms with E-state index in [1.807, 2.05) is 0 Å². The van der Waals surface area contributed by atoms with Gasteiger partial charge in [-0.05, 0) is 6.92 Å². The van der Waals surface area contributed by atoms with Crippen molar-refractivity contribution < 1.29 is 36.6 Å². The van der Waals surface area contributed by atoms with Gasteiger partial charge < -0.3 is 9.84 Å². The molecule has 0 aliphatic heterocycles. The fraction of sp³-hybridized carbons (Fsp3) is 0.471. The number of hydrogen-bond acceptors (Lipinski definition) is 4. The highest BCUT2D eigenvalue weighted by molar-refractivity contribution is 5.90. The van der Waals surface area contributed by atoms with Crippen LogP contribution in [0.25, 0.3) is 11.3 Å². The van der Waals surface area contributed by atoms with Crippen molar-refractivity contribution in [3.05, 3.63) is 29.2 Å². The van der Waals surface area contributed by atoms with E-state index >= 15 is 0 Å². The minimum absolute atomic E-state index is 0.00568. The first kappa shape index (κ1) is 21.6. The second-order valence-corrected chi connectivity index (χ2v) is 6.86. The predicted molar refractivity (Wildman–Crippen MR) is 88.3 cm³/mol. The molecule has 2 aromatic heterocycles. The van der Waals surface area contributed by atoms with Gasteiger partial charge in [0.1, 0.15) is 5.75 Å². The summed E-state index contributed by atoms with van der Waals surface area (Å²) in [5.74, 6) is -1.73. The van der Waals surface area contributed by atoms with Gasteiger partial charge in [0.2, 0.25) is 0 Å². The first-order valence-electron chi connectivity index (χ1n) is 8.02. The standard InChI is InChI=1S/C17H18F5N3O3/c1-8-12(14(26)27)24-25(4)13(8)10-7-23-9(5-11(10)28-15(18)19)6-16(2,3)17(20,21)22/h5,7,15H,6H2,1-4H3,(H,26,27). The highest BCUT2D eigenvalue weighted by Crippen LogP contribution is 2.41. The van der Waals surface area contributed by atoms with Crippen molar-refractivity contribution in [2.45, 2.75) is 40.0 Å². The van der Waals surface area contributed by atoms with Gasteiger partial charge in [-0.25, -0.2) is 4.79 Å². The van der Waals surface area contributed by atoms with E-state index in [1.165, 1.54) is 14.0 Å². The maximum absolute atomic E-state index is 13.1. The lowest BCUT2D eigenvalue weighted by Crippen LogP contribution is -2.34. The Hall–Kier alpha value is -2.72. The lowest BCUT2D eigenvalue weighted by molar-refractivity contribution is -0.211.